The summed E-state index contributed by atoms with van der Waals surface area (Å²) in [5.74, 6) is -0.391. The summed E-state index contributed by atoms with van der Waals surface area (Å²) >= 11 is 6.32. The van der Waals surface area contributed by atoms with Gasteiger partial charge in [-0.05, 0) is 68.7 Å². The Morgan fingerprint density at radius 2 is 1.86 bits per heavy atom. The van der Waals surface area contributed by atoms with Gasteiger partial charge >= 0.3 is 0 Å². The minimum Gasteiger partial charge on any atom is -0.321 e. The van der Waals surface area contributed by atoms with Crippen molar-refractivity contribution < 1.29 is 13.2 Å². The van der Waals surface area contributed by atoms with Gasteiger partial charge in [0.05, 0.1) is 38.9 Å². The Labute approximate surface area is 208 Å². The Hall–Kier alpha value is -3.27. The average molecular weight is 510 g/mol. The number of amides is 1. The van der Waals surface area contributed by atoms with Crippen LogP contribution in [0.4, 0.5) is 5.69 Å². The van der Waals surface area contributed by atoms with Crippen molar-refractivity contribution in [3.05, 3.63) is 82.3 Å². The minimum atomic E-state index is -3.32. The molecule has 1 amide bonds. The number of nitrogens with one attached hydrogen (secondary N) is 2. The highest BCUT2D eigenvalue weighted by atomic mass is 35.5. The predicted molar refractivity (Wildman–Crippen MR) is 137 cm³/mol. The molecule has 2 aromatic carbocycles. The maximum Gasteiger partial charge on any atom is 0.257 e. The smallest absolute Gasteiger partial charge is 0.257 e. The van der Waals surface area contributed by atoms with E-state index in [9.17, 15) is 13.2 Å². The SMILES string of the molecule is Cc1cc(-n2ncc3c(NC(=O)c4cc(CNS(=O)(=O)C5CC5)ccc4Cl)cccc32)cc(C)n1. The Balaban J connectivity index is 1.40. The number of pyridine rings is 1. The molecule has 0 unspecified atom stereocenters. The average Bonchev–Trinajstić information content (AvgIpc) is 3.58. The van der Waals surface area contributed by atoms with Gasteiger partial charge < -0.3 is 5.32 Å². The van der Waals surface area contributed by atoms with Crippen LogP contribution in [0.25, 0.3) is 16.6 Å². The molecule has 0 bridgehead atoms. The first kappa shape index (κ1) is 23.5. The molecule has 1 fully saturated rings. The normalized spacial score (nSPS) is 13.8. The molecular weight excluding hydrogens is 486 g/mol. The molecule has 0 radical (unpaired) electrons. The van der Waals surface area contributed by atoms with Crippen molar-refractivity contribution in [3.63, 3.8) is 0 Å². The van der Waals surface area contributed by atoms with Gasteiger partial charge in [0.15, 0.2) is 0 Å². The largest absolute Gasteiger partial charge is 0.321 e. The summed E-state index contributed by atoms with van der Waals surface area (Å²) in [5, 5.41) is 8.21. The number of nitrogens with zero attached hydrogens (tertiary/aromatic N) is 3. The fourth-order valence-corrected chi connectivity index (χ4v) is 5.59. The van der Waals surface area contributed by atoms with E-state index in [0.717, 1.165) is 28.0 Å². The fraction of sp³-hybridized carbons (Fsp3) is 0.240. The standard InChI is InChI=1S/C25H24ClN5O3S/c1-15-10-18(11-16(2)29-15)31-24-5-3-4-23(21(24)14-27-31)30-25(32)20-12-17(6-9-22(20)26)13-28-35(33,34)19-7-8-19/h3-6,9-12,14,19,28H,7-8,13H2,1-2H3,(H,30,32). The van der Waals surface area contributed by atoms with Crippen LogP contribution in [0.3, 0.4) is 0 Å². The molecule has 8 nitrogen and oxygen atoms in total. The van der Waals surface area contributed by atoms with E-state index in [1.165, 1.54) is 0 Å². The third kappa shape index (κ3) is 4.93. The molecular formula is C25H24ClN5O3S. The minimum absolute atomic E-state index is 0.101. The van der Waals surface area contributed by atoms with Crippen LogP contribution in [0.15, 0.2) is 54.7 Å². The maximum absolute atomic E-state index is 13.1. The first-order chi connectivity index (χ1) is 16.7. The van der Waals surface area contributed by atoms with E-state index < -0.39 is 15.9 Å². The molecule has 180 valence electrons. The first-order valence-corrected chi connectivity index (χ1v) is 13.1. The van der Waals surface area contributed by atoms with Crippen LogP contribution < -0.4 is 10.0 Å². The summed E-state index contributed by atoms with van der Waals surface area (Å²) in [5.41, 5.74) is 5.01. The molecule has 2 aromatic heterocycles. The van der Waals surface area contributed by atoms with Crippen molar-refractivity contribution in [2.45, 2.75) is 38.5 Å². The van der Waals surface area contributed by atoms with Crippen molar-refractivity contribution in [1.29, 1.82) is 0 Å². The number of hydrogen-bond donors (Lipinski definition) is 2. The molecule has 2 heterocycles. The summed E-state index contributed by atoms with van der Waals surface area (Å²) in [6.07, 6.45) is 3.08. The summed E-state index contributed by atoms with van der Waals surface area (Å²) in [4.78, 5) is 17.6. The van der Waals surface area contributed by atoms with Crippen molar-refractivity contribution in [2.24, 2.45) is 0 Å². The molecule has 10 heteroatoms. The van der Waals surface area contributed by atoms with E-state index in [1.54, 1.807) is 30.5 Å². The van der Waals surface area contributed by atoms with Crippen LogP contribution in [0.1, 0.15) is 40.2 Å². The van der Waals surface area contributed by atoms with Crippen LogP contribution in [-0.4, -0.2) is 34.3 Å². The lowest BCUT2D eigenvalue weighted by molar-refractivity contribution is 0.102. The second-order valence-corrected chi connectivity index (χ2v) is 11.2. The molecule has 2 N–H and O–H groups in total. The van der Waals surface area contributed by atoms with E-state index in [2.05, 4.69) is 20.1 Å². The molecule has 0 atom stereocenters. The number of halogens is 1. The second-order valence-electron chi connectivity index (χ2n) is 8.74. The van der Waals surface area contributed by atoms with Gasteiger partial charge in [0.1, 0.15) is 0 Å². The van der Waals surface area contributed by atoms with Gasteiger partial charge in [-0.3, -0.25) is 9.78 Å². The Kier molecular flexibility index (Phi) is 6.08. The molecule has 1 aliphatic carbocycles. The maximum atomic E-state index is 13.1. The Morgan fingerprint density at radius 1 is 1.11 bits per heavy atom. The monoisotopic (exact) mass is 509 g/mol. The zero-order valence-corrected chi connectivity index (χ0v) is 20.8. The summed E-state index contributed by atoms with van der Waals surface area (Å²) < 4.78 is 28.7. The zero-order chi connectivity index (χ0) is 24.7. The summed E-state index contributed by atoms with van der Waals surface area (Å²) in [7, 11) is -3.32. The quantitative estimate of drug-likeness (QED) is 0.381. The predicted octanol–water partition coefficient (Wildman–Crippen LogP) is 4.52. The highest BCUT2D eigenvalue weighted by Gasteiger charge is 2.35. The molecule has 4 aromatic rings. The topological polar surface area (TPSA) is 106 Å². The highest BCUT2D eigenvalue weighted by Crippen LogP contribution is 2.29. The van der Waals surface area contributed by atoms with Gasteiger partial charge in [-0.15, -0.1) is 0 Å². The first-order valence-electron chi connectivity index (χ1n) is 11.2. The number of carbonyl (C=O) groups is 1. The lowest BCUT2D eigenvalue weighted by Gasteiger charge is -2.11. The molecule has 1 saturated carbocycles. The van der Waals surface area contributed by atoms with Gasteiger partial charge in [0, 0.05) is 23.3 Å². The highest BCUT2D eigenvalue weighted by molar-refractivity contribution is 7.90. The van der Waals surface area contributed by atoms with E-state index in [-0.39, 0.29) is 22.4 Å². The van der Waals surface area contributed by atoms with Crippen LogP contribution in [-0.2, 0) is 16.6 Å². The lowest BCUT2D eigenvalue weighted by atomic mass is 10.1. The summed E-state index contributed by atoms with van der Waals surface area (Å²) in [6.45, 7) is 3.97. The molecule has 0 spiro atoms. The molecule has 0 aliphatic heterocycles. The Morgan fingerprint density at radius 3 is 2.57 bits per heavy atom. The van der Waals surface area contributed by atoms with Gasteiger partial charge in [-0.1, -0.05) is 23.7 Å². The van der Waals surface area contributed by atoms with Crippen LogP contribution >= 0.6 is 11.6 Å². The number of anilines is 1. The van der Waals surface area contributed by atoms with Gasteiger partial charge in [0.25, 0.3) is 5.91 Å². The van der Waals surface area contributed by atoms with Gasteiger partial charge in [0.2, 0.25) is 10.0 Å². The Bertz CT molecular complexity index is 1540. The van der Waals surface area contributed by atoms with E-state index in [1.807, 2.05) is 42.8 Å². The summed E-state index contributed by atoms with van der Waals surface area (Å²) in [6, 6.07) is 14.4. The van der Waals surface area contributed by atoms with Gasteiger partial charge in [-0.25, -0.2) is 17.8 Å². The van der Waals surface area contributed by atoms with Crippen molar-refractivity contribution >= 4 is 44.1 Å². The third-order valence-corrected chi connectivity index (χ3v) is 8.11. The molecule has 35 heavy (non-hydrogen) atoms. The molecule has 0 saturated heterocycles. The number of aryl methyl sites for hydroxylation is 2. The zero-order valence-electron chi connectivity index (χ0n) is 19.2. The van der Waals surface area contributed by atoms with Crippen molar-refractivity contribution in [1.82, 2.24) is 19.5 Å². The number of rotatable bonds is 7. The number of hydrogen-bond acceptors (Lipinski definition) is 5. The van der Waals surface area contributed by atoms with E-state index >= 15 is 0 Å². The number of fused-ring (bicyclic) bond motifs is 1. The number of carbonyl (C=O) groups excluding carboxylic acids is 1. The number of sulfonamides is 1. The lowest BCUT2D eigenvalue weighted by Crippen LogP contribution is -2.26. The van der Waals surface area contributed by atoms with Crippen molar-refractivity contribution in [3.8, 4) is 5.69 Å². The molecule has 1 aliphatic rings. The third-order valence-electron chi connectivity index (χ3n) is 5.89. The van der Waals surface area contributed by atoms with E-state index in [4.69, 9.17) is 11.6 Å². The fourth-order valence-electron chi connectivity index (χ4n) is 4.03. The van der Waals surface area contributed by atoms with Crippen LogP contribution in [0.2, 0.25) is 5.02 Å². The van der Waals surface area contributed by atoms with Gasteiger partial charge in [-0.2, -0.15) is 5.10 Å². The van der Waals surface area contributed by atoms with Crippen LogP contribution in [0, 0.1) is 13.8 Å². The van der Waals surface area contributed by atoms with Crippen LogP contribution in [0.5, 0.6) is 0 Å². The molecule has 5 rings (SSSR count). The van der Waals surface area contributed by atoms with Crippen molar-refractivity contribution in [2.75, 3.05) is 5.32 Å². The van der Waals surface area contributed by atoms with E-state index in [0.29, 0.717) is 24.1 Å². The number of aromatic nitrogens is 3. The second kappa shape index (κ2) is 9.07. The number of benzene rings is 2.